The molecule has 36 heavy (non-hydrogen) atoms. The van der Waals surface area contributed by atoms with Gasteiger partial charge in [0, 0.05) is 9.79 Å². The van der Waals surface area contributed by atoms with Crippen molar-refractivity contribution in [2.24, 2.45) is 11.8 Å². The van der Waals surface area contributed by atoms with Gasteiger partial charge in [0.25, 0.3) is 11.8 Å². The Kier molecular flexibility index (Phi) is 11.3. The fourth-order valence-electron chi connectivity index (χ4n) is 3.35. The number of benzene rings is 2. The molecule has 0 bridgehead atoms. The Morgan fingerprint density at radius 3 is 1.39 bits per heavy atom. The van der Waals surface area contributed by atoms with E-state index in [9.17, 15) is 29.4 Å². The molecule has 0 aromatic heterocycles. The molecule has 0 fully saturated rings. The molecule has 0 saturated carbocycles. The van der Waals surface area contributed by atoms with Crippen LogP contribution in [0.2, 0.25) is 0 Å². The fraction of sp³-hybridized carbons (Fsp3) is 0.385. The standard InChI is InChI=1S/C26H32N2O6S2/c1-5-15(3)21(25(31)32)27-23(29)17-11-7-9-13-19(17)35-36-20-14-10-8-12-18(20)24(30)28-22(26(33)34)16(4)6-2/h7-16,21-22H,5-6H2,1-4H3,(H,27,29)(H,28,30)(H,31,32)(H,33,34)/t15-,16-,21-,22-/m0/s1/i23+2,24+2. The van der Waals surface area contributed by atoms with E-state index in [1.807, 2.05) is 13.8 Å². The summed E-state index contributed by atoms with van der Waals surface area (Å²) in [5.74, 6) is -3.64. The summed E-state index contributed by atoms with van der Waals surface area (Å²) < 4.78 is 0. The number of carboxylic acid groups (broad SMARTS) is 2. The molecule has 2 amide bonds. The van der Waals surface area contributed by atoms with Crippen molar-refractivity contribution in [3.63, 3.8) is 0 Å². The molecule has 2 aromatic rings. The molecule has 4 atom stereocenters. The van der Waals surface area contributed by atoms with E-state index in [1.54, 1.807) is 62.4 Å². The van der Waals surface area contributed by atoms with Gasteiger partial charge in [-0.05, 0) is 36.1 Å². The number of rotatable bonds is 13. The van der Waals surface area contributed by atoms with Gasteiger partial charge in [-0.1, -0.05) is 86.4 Å². The van der Waals surface area contributed by atoms with Gasteiger partial charge < -0.3 is 20.8 Å². The number of amides is 2. The SMILES string of the molecule is CC[C@H](C)[C@H](N[14C](=O)c1ccccc1SSc1ccccc1[14C](=O)N[C@H](C(=O)O)[C@@H](C)CC)C(=O)O. The van der Waals surface area contributed by atoms with Crippen LogP contribution in [-0.4, -0.2) is 46.0 Å². The third kappa shape index (κ3) is 7.76. The highest BCUT2D eigenvalue weighted by atomic mass is 33.1. The van der Waals surface area contributed by atoms with Gasteiger partial charge in [-0.25, -0.2) is 9.59 Å². The largest absolute Gasteiger partial charge is 0.480 e. The van der Waals surface area contributed by atoms with E-state index in [2.05, 4.69) is 10.6 Å². The minimum atomic E-state index is -1.09. The first-order valence-corrected chi connectivity index (χ1v) is 13.8. The van der Waals surface area contributed by atoms with E-state index in [0.717, 1.165) is 0 Å². The van der Waals surface area contributed by atoms with Gasteiger partial charge in [0.05, 0.1) is 11.1 Å². The van der Waals surface area contributed by atoms with Gasteiger partial charge >= 0.3 is 11.9 Å². The molecule has 8 nitrogen and oxygen atoms in total. The van der Waals surface area contributed by atoms with Crippen LogP contribution in [0.1, 0.15) is 61.3 Å². The molecule has 0 unspecified atom stereocenters. The summed E-state index contributed by atoms with van der Waals surface area (Å²) in [5.41, 5.74) is 0.656. The quantitative estimate of drug-likeness (QED) is 0.265. The molecule has 0 aliphatic rings. The minimum Gasteiger partial charge on any atom is -0.480 e. The van der Waals surface area contributed by atoms with Crippen LogP contribution in [0.5, 0.6) is 0 Å². The van der Waals surface area contributed by atoms with E-state index >= 15 is 0 Å². The molecule has 2 aromatic carbocycles. The molecule has 0 saturated heterocycles. The molecule has 4 N–H and O–H groups in total. The maximum Gasteiger partial charge on any atom is 0.326 e. The minimum absolute atomic E-state index is 0.240. The van der Waals surface area contributed by atoms with Crippen molar-refractivity contribution in [2.75, 3.05) is 0 Å². The highest BCUT2D eigenvalue weighted by Crippen LogP contribution is 2.40. The van der Waals surface area contributed by atoms with Gasteiger partial charge in [-0.2, -0.15) is 0 Å². The van der Waals surface area contributed by atoms with E-state index < -0.39 is 35.8 Å². The lowest BCUT2D eigenvalue weighted by Crippen LogP contribution is -2.45. The Labute approximate surface area is 219 Å². The molecular formula is C26H32N2O6S2. The van der Waals surface area contributed by atoms with E-state index in [4.69, 9.17) is 0 Å². The number of carbonyl (C=O) groups excluding carboxylic acids is 2. The third-order valence-electron chi connectivity index (χ3n) is 6.02. The van der Waals surface area contributed by atoms with Crippen molar-refractivity contribution in [1.82, 2.24) is 10.6 Å². The molecule has 10 heteroatoms. The Bertz CT molecular complexity index is 1010. The van der Waals surface area contributed by atoms with Crippen LogP contribution in [0.15, 0.2) is 58.3 Å². The molecule has 2 rings (SSSR count). The van der Waals surface area contributed by atoms with Crippen molar-refractivity contribution >= 4 is 45.3 Å². The van der Waals surface area contributed by atoms with Gasteiger partial charge in [-0.3, -0.25) is 9.59 Å². The summed E-state index contributed by atoms with van der Waals surface area (Å²) in [7, 11) is 2.52. The zero-order chi connectivity index (χ0) is 26.8. The fourth-order valence-corrected chi connectivity index (χ4v) is 5.71. The number of hydrogen-bond acceptors (Lipinski definition) is 6. The summed E-state index contributed by atoms with van der Waals surface area (Å²) >= 11 is 0. The van der Waals surface area contributed by atoms with Crippen LogP contribution in [-0.2, 0) is 9.59 Å². The van der Waals surface area contributed by atoms with Gasteiger partial charge in [0.1, 0.15) is 12.1 Å². The predicted octanol–water partition coefficient (Wildman–Crippen LogP) is 4.94. The summed E-state index contributed by atoms with van der Waals surface area (Å²) in [5, 5.41) is 24.3. The molecule has 0 aliphatic carbocycles. The summed E-state index contributed by atoms with van der Waals surface area (Å²) in [6.07, 6.45) is 1.20. The first-order valence-electron chi connectivity index (χ1n) is 11.7. The van der Waals surface area contributed by atoms with Crippen LogP contribution in [0, 0.1) is 11.8 Å². The molecule has 0 radical (unpaired) electrons. The van der Waals surface area contributed by atoms with Gasteiger partial charge in [0.15, 0.2) is 0 Å². The van der Waals surface area contributed by atoms with Crippen molar-refractivity contribution < 1.29 is 29.4 Å². The Hall–Kier alpha value is -2.98. The highest BCUT2D eigenvalue weighted by Gasteiger charge is 2.28. The molecule has 0 spiro atoms. The second-order valence-corrected chi connectivity index (χ2v) is 10.7. The lowest BCUT2D eigenvalue weighted by atomic mass is 10.0. The first-order chi connectivity index (χ1) is 17.1. The summed E-state index contributed by atoms with van der Waals surface area (Å²) in [6, 6.07) is 11.7. The summed E-state index contributed by atoms with van der Waals surface area (Å²) in [4.78, 5) is 50.4. The smallest absolute Gasteiger partial charge is 0.326 e. The normalized spacial score (nSPS) is 14.2. The zero-order valence-corrected chi connectivity index (χ0v) is 22.3. The predicted molar refractivity (Wildman–Crippen MR) is 141 cm³/mol. The second kappa shape index (κ2) is 13.9. The maximum atomic E-state index is 12.9. The number of aliphatic carboxylic acids is 2. The number of hydrogen-bond donors (Lipinski definition) is 4. The van der Waals surface area contributed by atoms with E-state index in [1.165, 1.54) is 21.6 Å². The van der Waals surface area contributed by atoms with Crippen molar-refractivity contribution in [3.8, 4) is 0 Å². The monoisotopic (exact) mass is 536 g/mol. The Morgan fingerprint density at radius 1 is 0.750 bits per heavy atom. The van der Waals surface area contributed by atoms with Crippen molar-refractivity contribution in [3.05, 3.63) is 59.7 Å². The van der Waals surface area contributed by atoms with Crippen molar-refractivity contribution in [1.29, 1.82) is 0 Å². The highest BCUT2D eigenvalue weighted by molar-refractivity contribution is 8.76. The average molecular weight is 537 g/mol. The molecule has 0 heterocycles. The second-order valence-electron chi connectivity index (χ2n) is 8.51. The number of carbonyl (C=O) groups is 4. The van der Waals surface area contributed by atoms with Crippen molar-refractivity contribution in [2.45, 2.75) is 62.4 Å². The molecule has 194 valence electrons. The summed E-state index contributed by atoms with van der Waals surface area (Å²) in [6.45, 7) is 7.27. The van der Waals surface area contributed by atoms with Crippen LogP contribution >= 0.6 is 21.6 Å². The van der Waals surface area contributed by atoms with Crippen LogP contribution in [0.4, 0.5) is 0 Å². The van der Waals surface area contributed by atoms with Crippen LogP contribution in [0.25, 0.3) is 0 Å². The first kappa shape index (κ1) is 29.3. The van der Waals surface area contributed by atoms with Gasteiger partial charge in [-0.15, -0.1) is 0 Å². The molecule has 0 aliphatic heterocycles. The number of carboxylic acids is 2. The van der Waals surface area contributed by atoms with E-state index in [0.29, 0.717) is 33.8 Å². The average Bonchev–Trinajstić information content (AvgIpc) is 2.87. The Balaban J connectivity index is 2.22. The molecular weight excluding hydrogens is 504 g/mol. The number of nitrogens with one attached hydrogen (secondary N) is 2. The van der Waals surface area contributed by atoms with E-state index in [-0.39, 0.29) is 11.8 Å². The van der Waals surface area contributed by atoms with Gasteiger partial charge in [0.2, 0.25) is 0 Å². The third-order valence-corrected chi connectivity index (χ3v) is 8.50. The maximum absolute atomic E-state index is 12.9. The topological polar surface area (TPSA) is 133 Å². The van der Waals surface area contributed by atoms with Crippen LogP contribution in [0.3, 0.4) is 0 Å². The zero-order valence-electron chi connectivity index (χ0n) is 20.7. The lowest BCUT2D eigenvalue weighted by Gasteiger charge is -2.21. The lowest BCUT2D eigenvalue weighted by molar-refractivity contribution is -0.141. The van der Waals surface area contributed by atoms with Crippen LogP contribution < -0.4 is 10.6 Å². The Morgan fingerprint density at radius 2 is 1.08 bits per heavy atom.